The number of anilines is 1. The van der Waals surface area contributed by atoms with Crippen LogP contribution in [0.4, 0.5) is 5.69 Å². The molecule has 0 radical (unpaired) electrons. The molecule has 0 saturated heterocycles. The van der Waals surface area contributed by atoms with Crippen LogP contribution in [0, 0.1) is 0 Å². The highest BCUT2D eigenvalue weighted by molar-refractivity contribution is 5.54. The quantitative estimate of drug-likeness (QED) is 0.892. The number of hydrogen-bond donors (Lipinski definition) is 1. The van der Waals surface area contributed by atoms with Gasteiger partial charge in [-0.15, -0.1) is 0 Å². The summed E-state index contributed by atoms with van der Waals surface area (Å²) in [5.41, 5.74) is 9.51. The highest BCUT2D eigenvalue weighted by Gasteiger charge is 2.12. The average molecular weight is 255 g/mol. The van der Waals surface area contributed by atoms with Crippen molar-refractivity contribution in [3.8, 4) is 0 Å². The van der Waals surface area contributed by atoms with Gasteiger partial charge in [0.2, 0.25) is 0 Å². The van der Waals surface area contributed by atoms with Gasteiger partial charge in [-0.3, -0.25) is 4.98 Å². The molecule has 1 aromatic heterocycles. The second kappa shape index (κ2) is 6.34. The molecular formula is C16H21N3. The van der Waals surface area contributed by atoms with Gasteiger partial charge in [-0.2, -0.15) is 0 Å². The number of rotatable bonds is 5. The first-order valence-electron chi connectivity index (χ1n) is 6.71. The minimum atomic E-state index is 0.0361. The van der Waals surface area contributed by atoms with Crippen LogP contribution < -0.4 is 10.6 Å². The van der Waals surface area contributed by atoms with E-state index in [0.29, 0.717) is 0 Å². The summed E-state index contributed by atoms with van der Waals surface area (Å²) in [5, 5.41) is 0. The Bertz CT molecular complexity index is 508. The summed E-state index contributed by atoms with van der Waals surface area (Å²) in [6.45, 7) is 5.91. The molecular weight excluding hydrogens is 234 g/mol. The van der Waals surface area contributed by atoms with Crippen molar-refractivity contribution in [2.24, 2.45) is 5.73 Å². The lowest BCUT2D eigenvalue weighted by molar-refractivity contribution is 0.769. The molecule has 0 amide bonds. The van der Waals surface area contributed by atoms with E-state index < -0.39 is 0 Å². The van der Waals surface area contributed by atoms with Gasteiger partial charge in [0.05, 0.1) is 12.2 Å². The molecule has 2 rings (SSSR count). The number of benzene rings is 1. The molecule has 1 heterocycles. The van der Waals surface area contributed by atoms with E-state index in [1.807, 2.05) is 31.3 Å². The van der Waals surface area contributed by atoms with Gasteiger partial charge in [0.1, 0.15) is 0 Å². The minimum Gasteiger partial charge on any atom is -0.366 e. The molecule has 0 aliphatic rings. The van der Waals surface area contributed by atoms with Crippen LogP contribution in [-0.2, 0) is 6.54 Å². The highest BCUT2D eigenvalue weighted by atomic mass is 15.1. The molecule has 19 heavy (non-hydrogen) atoms. The fraction of sp³-hybridized carbons (Fsp3) is 0.312. The van der Waals surface area contributed by atoms with Crippen molar-refractivity contribution in [3.63, 3.8) is 0 Å². The van der Waals surface area contributed by atoms with Gasteiger partial charge >= 0.3 is 0 Å². The Morgan fingerprint density at radius 3 is 2.53 bits per heavy atom. The van der Waals surface area contributed by atoms with Gasteiger partial charge in [-0.05, 0) is 37.6 Å². The summed E-state index contributed by atoms with van der Waals surface area (Å²) in [6, 6.07) is 14.4. The van der Waals surface area contributed by atoms with Gasteiger partial charge in [0.25, 0.3) is 0 Å². The van der Waals surface area contributed by atoms with Crippen LogP contribution in [0.3, 0.4) is 0 Å². The first kappa shape index (κ1) is 13.6. The van der Waals surface area contributed by atoms with Crippen LogP contribution in [-0.4, -0.2) is 11.5 Å². The molecule has 0 aliphatic carbocycles. The van der Waals surface area contributed by atoms with E-state index in [0.717, 1.165) is 18.8 Å². The molecule has 0 bridgehead atoms. The summed E-state index contributed by atoms with van der Waals surface area (Å²) in [7, 11) is 0. The van der Waals surface area contributed by atoms with E-state index in [1.165, 1.54) is 11.3 Å². The largest absolute Gasteiger partial charge is 0.366 e. The molecule has 0 aliphatic heterocycles. The zero-order chi connectivity index (χ0) is 13.7. The highest BCUT2D eigenvalue weighted by Crippen LogP contribution is 2.25. The minimum absolute atomic E-state index is 0.0361. The van der Waals surface area contributed by atoms with E-state index in [1.54, 1.807) is 0 Å². The molecule has 1 atom stereocenters. The summed E-state index contributed by atoms with van der Waals surface area (Å²) in [5.74, 6) is 0. The summed E-state index contributed by atoms with van der Waals surface area (Å²) >= 11 is 0. The first-order valence-corrected chi connectivity index (χ1v) is 6.71. The molecule has 2 N–H and O–H groups in total. The van der Waals surface area contributed by atoms with Crippen molar-refractivity contribution in [2.45, 2.75) is 26.4 Å². The predicted molar refractivity (Wildman–Crippen MR) is 80.0 cm³/mol. The van der Waals surface area contributed by atoms with Gasteiger partial charge in [-0.1, -0.05) is 24.3 Å². The van der Waals surface area contributed by atoms with Crippen molar-refractivity contribution in [1.82, 2.24) is 4.98 Å². The van der Waals surface area contributed by atoms with Crippen molar-refractivity contribution >= 4 is 5.69 Å². The van der Waals surface area contributed by atoms with Crippen LogP contribution in [0.1, 0.15) is 31.1 Å². The van der Waals surface area contributed by atoms with E-state index in [-0.39, 0.29) is 6.04 Å². The first-order chi connectivity index (χ1) is 9.22. The maximum absolute atomic E-state index is 6.06. The third-order valence-corrected chi connectivity index (χ3v) is 3.23. The monoisotopic (exact) mass is 255 g/mol. The Morgan fingerprint density at radius 1 is 1.16 bits per heavy atom. The smallest absolute Gasteiger partial charge is 0.0602 e. The molecule has 0 fully saturated rings. The van der Waals surface area contributed by atoms with Crippen molar-refractivity contribution in [1.29, 1.82) is 0 Å². The summed E-state index contributed by atoms with van der Waals surface area (Å²) in [6.07, 6.45) is 1.83. The third kappa shape index (κ3) is 3.32. The predicted octanol–water partition coefficient (Wildman–Crippen LogP) is 3.13. The number of aromatic nitrogens is 1. The summed E-state index contributed by atoms with van der Waals surface area (Å²) < 4.78 is 0. The molecule has 1 aromatic carbocycles. The van der Waals surface area contributed by atoms with Crippen LogP contribution in [0.5, 0.6) is 0 Å². The maximum Gasteiger partial charge on any atom is 0.0602 e. The Balaban J connectivity index is 2.27. The number of nitrogens with zero attached hydrogens (tertiary/aromatic N) is 2. The summed E-state index contributed by atoms with van der Waals surface area (Å²) in [4.78, 5) is 6.70. The van der Waals surface area contributed by atoms with Crippen molar-refractivity contribution < 1.29 is 0 Å². The Kier molecular flexibility index (Phi) is 4.53. The second-order valence-corrected chi connectivity index (χ2v) is 4.68. The Labute approximate surface area is 115 Å². The van der Waals surface area contributed by atoms with Gasteiger partial charge < -0.3 is 10.6 Å². The Hall–Kier alpha value is -1.87. The SMILES string of the molecule is CCN(Cc1ccccn1)c1ccccc1C(C)N. The van der Waals surface area contributed by atoms with E-state index in [2.05, 4.69) is 41.1 Å². The van der Waals surface area contributed by atoms with Crippen molar-refractivity contribution in [3.05, 3.63) is 59.9 Å². The Morgan fingerprint density at radius 2 is 1.89 bits per heavy atom. The molecule has 0 spiro atoms. The zero-order valence-electron chi connectivity index (χ0n) is 11.6. The lowest BCUT2D eigenvalue weighted by atomic mass is 10.1. The standard InChI is InChI=1S/C16H21N3/c1-3-19(12-14-8-6-7-11-18-14)16-10-5-4-9-15(16)13(2)17/h4-11,13H,3,12,17H2,1-2H3. The number of pyridine rings is 1. The molecule has 3 heteroatoms. The van der Waals surface area contributed by atoms with E-state index in [9.17, 15) is 0 Å². The van der Waals surface area contributed by atoms with Crippen LogP contribution >= 0.6 is 0 Å². The second-order valence-electron chi connectivity index (χ2n) is 4.68. The van der Waals surface area contributed by atoms with Crippen LogP contribution in [0.25, 0.3) is 0 Å². The molecule has 1 unspecified atom stereocenters. The van der Waals surface area contributed by atoms with Crippen LogP contribution in [0.2, 0.25) is 0 Å². The molecule has 2 aromatic rings. The molecule has 0 saturated carbocycles. The van der Waals surface area contributed by atoms with Gasteiger partial charge in [0.15, 0.2) is 0 Å². The average Bonchev–Trinajstić information content (AvgIpc) is 2.46. The topological polar surface area (TPSA) is 42.2 Å². The number of para-hydroxylation sites is 1. The van der Waals surface area contributed by atoms with Gasteiger partial charge in [-0.25, -0.2) is 0 Å². The van der Waals surface area contributed by atoms with Crippen molar-refractivity contribution in [2.75, 3.05) is 11.4 Å². The third-order valence-electron chi connectivity index (χ3n) is 3.23. The lowest BCUT2D eigenvalue weighted by Crippen LogP contribution is -2.25. The van der Waals surface area contributed by atoms with E-state index >= 15 is 0 Å². The number of hydrogen-bond acceptors (Lipinski definition) is 3. The zero-order valence-corrected chi connectivity index (χ0v) is 11.6. The fourth-order valence-corrected chi connectivity index (χ4v) is 2.22. The van der Waals surface area contributed by atoms with Gasteiger partial charge in [0, 0.05) is 24.5 Å². The van der Waals surface area contributed by atoms with E-state index in [4.69, 9.17) is 5.73 Å². The number of nitrogens with two attached hydrogens (primary N) is 1. The fourth-order valence-electron chi connectivity index (χ4n) is 2.22. The normalized spacial score (nSPS) is 12.2. The lowest BCUT2D eigenvalue weighted by Gasteiger charge is -2.26. The molecule has 3 nitrogen and oxygen atoms in total. The maximum atomic E-state index is 6.06. The molecule has 100 valence electrons. The van der Waals surface area contributed by atoms with Crippen LogP contribution in [0.15, 0.2) is 48.7 Å².